The highest BCUT2D eigenvalue weighted by molar-refractivity contribution is 9.11. The number of hydrogen-bond donors (Lipinski definition) is 0. The number of amides is 1. The Hall–Kier alpha value is -0.920. The van der Waals surface area contributed by atoms with Crippen LogP contribution >= 0.6 is 43.2 Å². The predicted molar refractivity (Wildman–Crippen MR) is 92.0 cm³/mol. The van der Waals surface area contributed by atoms with E-state index in [0.29, 0.717) is 18.3 Å². The van der Waals surface area contributed by atoms with Gasteiger partial charge in [0.15, 0.2) is 5.13 Å². The number of hydrogen-bond acceptors (Lipinski definition) is 4. The van der Waals surface area contributed by atoms with Gasteiger partial charge in [0.05, 0.1) is 10.2 Å². The summed E-state index contributed by atoms with van der Waals surface area (Å²) in [6.07, 6.45) is 0. The standard InChI is InChI=1S/C14H14Br2N2O2S/c1-3-18(9(2)19)14-17-11(8-21-14)7-20-13-5-4-10(15)6-12(13)16/h4-6,8H,3,7H2,1-2H3. The summed E-state index contributed by atoms with van der Waals surface area (Å²) in [5, 5.41) is 2.62. The van der Waals surface area contributed by atoms with Crippen LogP contribution in [0.5, 0.6) is 5.75 Å². The summed E-state index contributed by atoms with van der Waals surface area (Å²) in [5.41, 5.74) is 0.810. The highest BCUT2D eigenvalue weighted by atomic mass is 79.9. The van der Waals surface area contributed by atoms with Crippen LogP contribution in [-0.4, -0.2) is 17.4 Å². The van der Waals surface area contributed by atoms with Crippen molar-refractivity contribution in [1.29, 1.82) is 0 Å². The normalized spacial score (nSPS) is 10.5. The fourth-order valence-electron chi connectivity index (χ4n) is 1.72. The highest BCUT2D eigenvalue weighted by Gasteiger charge is 2.13. The van der Waals surface area contributed by atoms with E-state index in [1.807, 2.05) is 30.5 Å². The van der Waals surface area contributed by atoms with E-state index in [1.165, 1.54) is 11.3 Å². The average molecular weight is 434 g/mol. The molecule has 4 nitrogen and oxygen atoms in total. The summed E-state index contributed by atoms with van der Waals surface area (Å²) in [6.45, 7) is 4.45. The van der Waals surface area contributed by atoms with Crippen LogP contribution in [0.15, 0.2) is 32.5 Å². The van der Waals surface area contributed by atoms with Crippen molar-refractivity contribution in [2.45, 2.75) is 20.5 Å². The second kappa shape index (κ2) is 7.38. The molecule has 0 radical (unpaired) electrons. The van der Waals surface area contributed by atoms with Crippen LogP contribution in [0.2, 0.25) is 0 Å². The Labute approximate surface area is 144 Å². The van der Waals surface area contributed by atoms with Crippen LogP contribution < -0.4 is 9.64 Å². The number of carbonyl (C=O) groups is 1. The number of benzene rings is 1. The second-order valence-electron chi connectivity index (χ2n) is 4.25. The molecule has 1 aromatic carbocycles. The number of ether oxygens (including phenoxy) is 1. The maximum absolute atomic E-state index is 11.5. The van der Waals surface area contributed by atoms with Gasteiger partial charge in [-0.15, -0.1) is 11.3 Å². The lowest BCUT2D eigenvalue weighted by Crippen LogP contribution is -2.27. The zero-order chi connectivity index (χ0) is 15.4. The number of rotatable bonds is 5. The lowest BCUT2D eigenvalue weighted by atomic mass is 10.3. The molecule has 0 aliphatic carbocycles. The minimum absolute atomic E-state index is 0.00466. The summed E-state index contributed by atoms with van der Waals surface area (Å²) in [4.78, 5) is 17.6. The summed E-state index contributed by atoms with van der Waals surface area (Å²) in [5.74, 6) is 0.752. The average Bonchev–Trinajstić information content (AvgIpc) is 2.87. The number of carbonyl (C=O) groups excluding carboxylic acids is 1. The zero-order valence-corrected chi connectivity index (χ0v) is 15.6. The molecule has 2 aromatic rings. The van der Waals surface area contributed by atoms with Crippen molar-refractivity contribution < 1.29 is 9.53 Å². The SMILES string of the molecule is CCN(C(C)=O)c1nc(COc2ccc(Br)cc2Br)cs1. The number of thiazole rings is 1. The van der Waals surface area contributed by atoms with Crippen LogP contribution in [0.3, 0.4) is 0 Å². The van der Waals surface area contributed by atoms with Crippen molar-refractivity contribution >= 4 is 54.2 Å². The molecule has 0 aliphatic heterocycles. The summed E-state index contributed by atoms with van der Waals surface area (Å²) in [7, 11) is 0. The van der Waals surface area contributed by atoms with Gasteiger partial charge in [-0.25, -0.2) is 4.98 Å². The smallest absolute Gasteiger partial charge is 0.225 e. The maximum atomic E-state index is 11.5. The molecule has 0 spiro atoms. The van der Waals surface area contributed by atoms with Crippen LogP contribution in [0, 0.1) is 0 Å². The van der Waals surface area contributed by atoms with Crippen molar-refractivity contribution in [3.8, 4) is 5.75 Å². The van der Waals surface area contributed by atoms with Gasteiger partial charge in [0, 0.05) is 23.3 Å². The van der Waals surface area contributed by atoms with E-state index in [9.17, 15) is 4.79 Å². The van der Waals surface area contributed by atoms with E-state index in [-0.39, 0.29) is 5.91 Å². The van der Waals surface area contributed by atoms with Crippen LogP contribution in [0.25, 0.3) is 0 Å². The van der Waals surface area contributed by atoms with E-state index in [1.54, 1.807) is 11.8 Å². The Morgan fingerprint density at radius 2 is 2.19 bits per heavy atom. The molecular weight excluding hydrogens is 420 g/mol. The molecule has 0 saturated carbocycles. The molecule has 0 fully saturated rings. The summed E-state index contributed by atoms with van der Waals surface area (Å²) in [6, 6.07) is 5.73. The molecule has 7 heteroatoms. The summed E-state index contributed by atoms with van der Waals surface area (Å²) < 4.78 is 7.60. The zero-order valence-electron chi connectivity index (χ0n) is 11.6. The van der Waals surface area contributed by atoms with E-state index >= 15 is 0 Å². The molecule has 21 heavy (non-hydrogen) atoms. The predicted octanol–water partition coefficient (Wildman–Crippen LogP) is 4.62. The molecular formula is C14H14Br2N2O2S. The van der Waals surface area contributed by atoms with Crippen molar-refractivity contribution in [2.24, 2.45) is 0 Å². The Morgan fingerprint density at radius 1 is 1.43 bits per heavy atom. The third-order valence-electron chi connectivity index (χ3n) is 2.74. The molecule has 1 aromatic heterocycles. The number of nitrogens with zero attached hydrogens (tertiary/aromatic N) is 2. The molecule has 0 saturated heterocycles. The van der Waals surface area contributed by atoms with E-state index < -0.39 is 0 Å². The molecule has 0 bridgehead atoms. The van der Waals surface area contributed by atoms with Crippen LogP contribution in [-0.2, 0) is 11.4 Å². The van der Waals surface area contributed by atoms with Gasteiger partial charge in [-0.3, -0.25) is 9.69 Å². The molecule has 112 valence electrons. The Bertz CT molecular complexity index is 646. The van der Waals surface area contributed by atoms with Gasteiger partial charge in [0.2, 0.25) is 5.91 Å². The maximum Gasteiger partial charge on any atom is 0.225 e. The minimum Gasteiger partial charge on any atom is -0.486 e. The lowest BCUT2D eigenvalue weighted by Gasteiger charge is -2.14. The monoisotopic (exact) mass is 432 g/mol. The van der Waals surface area contributed by atoms with E-state index in [0.717, 1.165) is 20.4 Å². The molecule has 0 aliphatic rings. The van der Waals surface area contributed by atoms with Crippen LogP contribution in [0.4, 0.5) is 5.13 Å². The fourth-order valence-corrected chi connectivity index (χ4v) is 3.80. The van der Waals surface area contributed by atoms with Crippen LogP contribution in [0.1, 0.15) is 19.5 Å². The van der Waals surface area contributed by atoms with E-state index in [4.69, 9.17) is 4.74 Å². The number of aromatic nitrogens is 1. The van der Waals surface area contributed by atoms with Gasteiger partial charge in [-0.1, -0.05) is 15.9 Å². The van der Waals surface area contributed by atoms with Gasteiger partial charge in [0.25, 0.3) is 0 Å². The van der Waals surface area contributed by atoms with Crippen molar-refractivity contribution in [3.63, 3.8) is 0 Å². The number of anilines is 1. The first-order chi connectivity index (χ1) is 10.0. The second-order valence-corrected chi connectivity index (χ2v) is 6.85. The fraction of sp³-hybridized carbons (Fsp3) is 0.286. The molecule has 2 rings (SSSR count). The first kappa shape index (κ1) is 16.5. The van der Waals surface area contributed by atoms with Gasteiger partial charge in [-0.05, 0) is 41.1 Å². The quantitative estimate of drug-likeness (QED) is 0.690. The largest absolute Gasteiger partial charge is 0.486 e. The molecule has 1 heterocycles. The molecule has 1 amide bonds. The lowest BCUT2D eigenvalue weighted by molar-refractivity contribution is -0.116. The Balaban J connectivity index is 2.04. The summed E-state index contributed by atoms with van der Waals surface area (Å²) >= 11 is 8.30. The van der Waals surface area contributed by atoms with Crippen molar-refractivity contribution in [3.05, 3.63) is 38.2 Å². The minimum atomic E-state index is -0.00466. The first-order valence-electron chi connectivity index (χ1n) is 6.31. The van der Waals surface area contributed by atoms with Gasteiger partial charge < -0.3 is 4.74 Å². The highest BCUT2D eigenvalue weighted by Crippen LogP contribution is 2.29. The topological polar surface area (TPSA) is 42.4 Å². The van der Waals surface area contributed by atoms with E-state index in [2.05, 4.69) is 36.8 Å². The van der Waals surface area contributed by atoms with Crippen molar-refractivity contribution in [2.75, 3.05) is 11.4 Å². The molecule has 0 atom stereocenters. The van der Waals surface area contributed by atoms with Crippen molar-refractivity contribution in [1.82, 2.24) is 4.98 Å². The molecule has 0 unspecified atom stereocenters. The van der Waals surface area contributed by atoms with Gasteiger partial charge >= 0.3 is 0 Å². The number of halogens is 2. The van der Waals surface area contributed by atoms with Gasteiger partial charge in [-0.2, -0.15) is 0 Å². The first-order valence-corrected chi connectivity index (χ1v) is 8.78. The van der Waals surface area contributed by atoms with Gasteiger partial charge in [0.1, 0.15) is 12.4 Å². The molecule has 0 N–H and O–H groups in total. The third kappa shape index (κ3) is 4.28. The Morgan fingerprint density at radius 3 is 2.81 bits per heavy atom. The Kier molecular flexibility index (Phi) is 5.78. The third-order valence-corrected chi connectivity index (χ3v) is 4.76.